The Morgan fingerprint density at radius 3 is 1.71 bits per heavy atom. The lowest BCUT2D eigenvalue weighted by atomic mass is 9.32. The maximum Gasteiger partial charge on any atom is 0.335 e. The number of fused-ring (bicyclic) bond motifs is 7. The van der Waals surface area contributed by atoms with Gasteiger partial charge in [-0.1, -0.05) is 72.3 Å². The van der Waals surface area contributed by atoms with Gasteiger partial charge in [0.15, 0.2) is 31.1 Å². The van der Waals surface area contributed by atoms with E-state index < -0.39 is 193 Å². The molecule has 5 aliphatic carbocycles. The van der Waals surface area contributed by atoms with Crippen LogP contribution < -0.4 is 0 Å². The molecule has 8 aliphatic rings. The predicted octanol–water partition coefficient (Wildman–Crippen LogP) is 0.263. The number of aliphatic hydroxyl groups excluding tert-OH is 11. The summed E-state index contributed by atoms with van der Waals surface area (Å²) in [7, 11) is 0. The van der Waals surface area contributed by atoms with Crippen molar-refractivity contribution < 1.29 is 114 Å². The molecule has 0 aromatic carbocycles. The highest BCUT2D eigenvalue weighted by Crippen LogP contribution is 2.76. The molecule has 0 radical (unpaired) electrons. The van der Waals surface area contributed by atoms with Crippen LogP contribution in [0, 0.1) is 50.2 Å². The van der Waals surface area contributed by atoms with E-state index >= 15 is 0 Å². The molecule has 26 atom stereocenters. The average molecular weight is 1140 g/mol. The third kappa shape index (κ3) is 9.76. The molecular formula is C57H88O23. The van der Waals surface area contributed by atoms with E-state index in [0.717, 1.165) is 5.57 Å². The van der Waals surface area contributed by atoms with Gasteiger partial charge in [0.1, 0.15) is 67.1 Å². The van der Waals surface area contributed by atoms with Crippen LogP contribution in [0.1, 0.15) is 115 Å². The quantitative estimate of drug-likeness (QED) is 0.0480. The lowest BCUT2D eigenvalue weighted by molar-refractivity contribution is -0.386. The largest absolute Gasteiger partial charge is 0.479 e. The number of aliphatic carboxylic acids is 1. The molecule has 0 bridgehead atoms. The van der Waals surface area contributed by atoms with E-state index in [-0.39, 0.29) is 23.8 Å². The molecule has 0 amide bonds. The maximum atomic E-state index is 13.9. The highest BCUT2D eigenvalue weighted by molar-refractivity contribution is 5.89. The highest BCUT2D eigenvalue weighted by Gasteiger charge is 2.76. The molecule has 7 fully saturated rings. The molecule has 8 rings (SSSR count). The van der Waals surface area contributed by atoms with Crippen molar-refractivity contribution in [2.24, 2.45) is 50.2 Å². The van der Waals surface area contributed by atoms with E-state index in [1.807, 2.05) is 34.6 Å². The highest BCUT2D eigenvalue weighted by atomic mass is 16.8. The maximum absolute atomic E-state index is 13.9. The molecule has 454 valence electrons. The number of allylic oxidation sites excluding steroid dienone is 3. The Labute approximate surface area is 466 Å². The van der Waals surface area contributed by atoms with Crippen LogP contribution in [0.15, 0.2) is 34.9 Å². The Morgan fingerprint density at radius 2 is 1.18 bits per heavy atom. The molecule has 23 nitrogen and oxygen atoms in total. The van der Waals surface area contributed by atoms with Crippen LogP contribution in [0.5, 0.6) is 0 Å². The van der Waals surface area contributed by atoms with Gasteiger partial charge in [-0.05, 0) is 100 Å². The van der Waals surface area contributed by atoms with Crippen molar-refractivity contribution in [3.63, 3.8) is 0 Å². The van der Waals surface area contributed by atoms with Gasteiger partial charge < -0.3 is 99.2 Å². The normalized spacial score (nSPS) is 49.0. The van der Waals surface area contributed by atoms with Gasteiger partial charge in [-0.2, -0.15) is 0 Å². The monoisotopic (exact) mass is 1140 g/mol. The fourth-order valence-electron chi connectivity index (χ4n) is 16.2. The summed E-state index contributed by atoms with van der Waals surface area (Å²) in [6.45, 7) is 18.4. The second-order valence-corrected chi connectivity index (χ2v) is 26.0. The summed E-state index contributed by atoms with van der Waals surface area (Å²) in [5.74, 6) is -4.01. The van der Waals surface area contributed by atoms with Crippen molar-refractivity contribution in [2.45, 2.75) is 231 Å². The smallest absolute Gasteiger partial charge is 0.335 e. The number of hydrogen-bond donors (Lipinski definition) is 12. The van der Waals surface area contributed by atoms with E-state index in [9.17, 15) is 75.7 Å². The fourth-order valence-corrected chi connectivity index (χ4v) is 16.2. The van der Waals surface area contributed by atoms with E-state index in [4.69, 9.17) is 37.9 Å². The summed E-state index contributed by atoms with van der Waals surface area (Å²) >= 11 is 0. The predicted molar refractivity (Wildman–Crippen MR) is 277 cm³/mol. The molecule has 3 heterocycles. The molecule has 10 unspecified atom stereocenters. The van der Waals surface area contributed by atoms with E-state index in [0.29, 0.717) is 37.7 Å². The van der Waals surface area contributed by atoms with Crippen molar-refractivity contribution in [2.75, 3.05) is 19.8 Å². The summed E-state index contributed by atoms with van der Waals surface area (Å²) in [5, 5.41) is 134. The zero-order valence-corrected chi connectivity index (χ0v) is 47.7. The van der Waals surface area contributed by atoms with Gasteiger partial charge in [0.25, 0.3) is 0 Å². The van der Waals surface area contributed by atoms with Gasteiger partial charge in [0.2, 0.25) is 0 Å². The number of rotatable bonds is 14. The minimum atomic E-state index is -2.13. The van der Waals surface area contributed by atoms with Crippen LogP contribution in [0.3, 0.4) is 0 Å². The Balaban J connectivity index is 1.14. The number of carbonyl (C=O) groups excluding carboxylic acids is 2. The van der Waals surface area contributed by atoms with Crippen LogP contribution in [0.4, 0.5) is 0 Å². The lowest BCUT2D eigenvalue weighted by Gasteiger charge is -2.73. The summed E-state index contributed by atoms with van der Waals surface area (Å²) in [6, 6.07) is 0. The zero-order valence-electron chi connectivity index (χ0n) is 47.7. The number of hydrogen-bond acceptors (Lipinski definition) is 22. The third-order valence-electron chi connectivity index (χ3n) is 21.4. The first-order chi connectivity index (χ1) is 37.3. The van der Waals surface area contributed by atoms with Crippen molar-refractivity contribution in [1.29, 1.82) is 0 Å². The summed E-state index contributed by atoms with van der Waals surface area (Å²) in [5.41, 5.74) is -4.40. The van der Waals surface area contributed by atoms with Gasteiger partial charge in [0, 0.05) is 22.0 Å². The van der Waals surface area contributed by atoms with Gasteiger partial charge in [-0.3, -0.25) is 0 Å². The van der Waals surface area contributed by atoms with Gasteiger partial charge >= 0.3 is 17.9 Å². The summed E-state index contributed by atoms with van der Waals surface area (Å²) in [4.78, 5) is 40.3. The second kappa shape index (κ2) is 22.7. The first-order valence-corrected chi connectivity index (χ1v) is 28.1. The fraction of sp³-hybridized carbons (Fsp3) is 0.842. The Morgan fingerprint density at radius 1 is 0.637 bits per heavy atom. The topological polar surface area (TPSA) is 368 Å². The molecule has 0 aromatic rings. The first-order valence-electron chi connectivity index (χ1n) is 28.1. The summed E-state index contributed by atoms with van der Waals surface area (Å²) < 4.78 is 49.0. The van der Waals surface area contributed by atoms with Crippen LogP contribution in [0.2, 0.25) is 0 Å². The second-order valence-electron chi connectivity index (χ2n) is 26.0. The number of aliphatic hydroxyl groups is 11. The van der Waals surface area contributed by atoms with E-state index in [2.05, 4.69) is 19.9 Å². The Bertz CT molecular complexity index is 2390. The van der Waals surface area contributed by atoms with E-state index in [1.165, 1.54) is 0 Å². The van der Waals surface area contributed by atoms with Crippen LogP contribution in [0.25, 0.3) is 0 Å². The van der Waals surface area contributed by atoms with Crippen molar-refractivity contribution >= 4 is 17.9 Å². The number of esters is 2. The van der Waals surface area contributed by atoms with Crippen molar-refractivity contribution in [3.05, 3.63) is 34.9 Å². The van der Waals surface area contributed by atoms with E-state index in [1.54, 1.807) is 39.8 Å². The lowest BCUT2D eigenvalue weighted by Crippen LogP contribution is -2.76. The van der Waals surface area contributed by atoms with Crippen LogP contribution in [-0.4, -0.2) is 216 Å². The molecule has 4 saturated carbocycles. The van der Waals surface area contributed by atoms with Crippen molar-refractivity contribution in [3.8, 4) is 0 Å². The number of ether oxygens (including phenoxy) is 8. The van der Waals surface area contributed by atoms with Gasteiger partial charge in [0.05, 0.1) is 43.5 Å². The van der Waals surface area contributed by atoms with Gasteiger partial charge in [-0.25, -0.2) is 14.4 Å². The average Bonchev–Trinajstić information content (AvgIpc) is 3.72. The molecular weight excluding hydrogens is 1050 g/mol. The number of carboxylic acids is 1. The third-order valence-corrected chi connectivity index (χ3v) is 21.4. The molecule has 12 N–H and O–H groups in total. The standard InChI is InChI=1S/C57H88O23/c1-12-24(3)47(71)79-44-45(80-48(72)25(4)13-2)57(23-60)27(20-52(44,5)6)26-14-15-31-54(9)18-17-32(53(7,8)30(54)16-19-55(31,10)56(26,11)42(67)43(57)68)75-51-41(78-50-37(65)35(63)33(61)28(21-58)73-50)39(38(66)40(77-51)46(69)70)76-49-36(64)34(62)29(22-59)74-49/h12-14,27-45,49-51,58-68H,15-23H2,1-11H3,(H,69,70)/b24-12-,25-13-/t27?,28?,29-,30?,31?,32-,33-,34?,35?,36-,37?,38-,39?,40?,41?,42-,43+,44-,45-,49-,50-,51+,54-,55+,56-,57-/m0/s1. The summed E-state index contributed by atoms with van der Waals surface area (Å²) in [6.07, 6.45) is -24.0. The first kappa shape index (κ1) is 63.0. The number of carbonyl (C=O) groups is 3. The Hall–Kier alpha value is -3.05. The molecule has 3 saturated heterocycles. The molecule has 0 aromatic heterocycles. The minimum absolute atomic E-state index is 0.153. The van der Waals surface area contributed by atoms with Gasteiger partial charge in [-0.15, -0.1) is 0 Å². The molecule has 3 aliphatic heterocycles. The minimum Gasteiger partial charge on any atom is -0.479 e. The molecule has 80 heavy (non-hydrogen) atoms. The van der Waals surface area contributed by atoms with Crippen LogP contribution in [-0.2, 0) is 52.3 Å². The van der Waals surface area contributed by atoms with Crippen molar-refractivity contribution in [1.82, 2.24) is 0 Å². The number of carboxylic acid groups (broad SMARTS) is 1. The molecule has 23 heteroatoms. The van der Waals surface area contributed by atoms with Crippen LogP contribution >= 0.6 is 0 Å². The zero-order chi connectivity index (χ0) is 59.3. The molecule has 0 spiro atoms. The Kier molecular flexibility index (Phi) is 17.9. The SMILES string of the molecule is C/C=C(/C)C(=O)O[C@H]1[C@H](OC(=O)/C(C)=C\C)[C@@]2(CO)C(CC1(C)C)C1=CCC3[C@@]4(C)CC[C@H](O[C@@H]5OC(C(=O)O)[C@@H](O)C(O[C@@H]6O[C@@H](CO)C(O)[C@@H]6O)C5O[C@@H]5OC(CO)[C@H](O)C(O)C5O)C(C)(C)C4CC[C@@]3(C)[C@]1(C)[C@@H](O)[C@H]2O.